The molecule has 0 radical (unpaired) electrons. The van der Waals surface area contributed by atoms with Crippen molar-refractivity contribution < 1.29 is 9.47 Å². The summed E-state index contributed by atoms with van der Waals surface area (Å²) in [6.45, 7) is 5.98. The fraction of sp³-hybridized carbons (Fsp3) is 0.148. The zero-order chi connectivity index (χ0) is 25.8. The lowest BCUT2D eigenvalue weighted by Crippen LogP contribution is -2.20. The lowest BCUT2D eigenvalue weighted by molar-refractivity contribution is 0.281. The molecule has 0 spiro atoms. The standard InChI is InChI=1S/C27H22Br3N3O3/c1-4-5-18-10-17(11-25(35-3)26(18)36-15-19-6-7-21(29)13-23(19)30)14-31-33-16(2)32-24-9-8-20(28)12-22(24)27(33)34/h4,6-14H,1,5,15H2,2-3H3. The molecule has 0 atom stereocenters. The zero-order valence-electron chi connectivity index (χ0n) is 19.6. The largest absolute Gasteiger partial charge is 0.493 e. The minimum atomic E-state index is -0.242. The first-order valence-corrected chi connectivity index (χ1v) is 13.3. The van der Waals surface area contributed by atoms with E-state index < -0.39 is 0 Å². The molecule has 6 nitrogen and oxygen atoms in total. The number of benzene rings is 3. The van der Waals surface area contributed by atoms with Gasteiger partial charge in [-0.3, -0.25) is 4.79 Å². The number of methoxy groups -OCH3 is 1. The number of allylic oxidation sites excluding steroid dienone is 1. The third-order valence-electron chi connectivity index (χ3n) is 5.42. The predicted molar refractivity (Wildman–Crippen MR) is 155 cm³/mol. The normalized spacial score (nSPS) is 11.2. The van der Waals surface area contributed by atoms with Crippen LogP contribution < -0.4 is 15.0 Å². The Kier molecular flexibility index (Phi) is 8.43. The fourth-order valence-electron chi connectivity index (χ4n) is 3.69. The van der Waals surface area contributed by atoms with E-state index in [1.807, 2.05) is 36.4 Å². The van der Waals surface area contributed by atoms with Gasteiger partial charge in [0.1, 0.15) is 12.4 Å². The van der Waals surface area contributed by atoms with Crippen LogP contribution in [0.4, 0.5) is 0 Å². The number of hydrogen-bond acceptors (Lipinski definition) is 5. The van der Waals surface area contributed by atoms with Crippen molar-refractivity contribution in [1.29, 1.82) is 0 Å². The molecule has 0 aliphatic heterocycles. The number of ether oxygens (including phenoxy) is 2. The van der Waals surface area contributed by atoms with Crippen molar-refractivity contribution in [3.63, 3.8) is 0 Å². The molecule has 0 saturated heterocycles. The first kappa shape index (κ1) is 26.3. The van der Waals surface area contributed by atoms with Gasteiger partial charge in [0, 0.05) is 24.5 Å². The molecule has 0 saturated carbocycles. The van der Waals surface area contributed by atoms with E-state index in [0.29, 0.717) is 41.3 Å². The molecule has 0 aliphatic rings. The first-order valence-electron chi connectivity index (χ1n) is 10.9. The van der Waals surface area contributed by atoms with Gasteiger partial charge in [-0.2, -0.15) is 9.78 Å². The highest BCUT2D eigenvalue weighted by molar-refractivity contribution is 9.11. The van der Waals surface area contributed by atoms with Gasteiger partial charge in [0.2, 0.25) is 0 Å². The minimum Gasteiger partial charge on any atom is -0.493 e. The maximum Gasteiger partial charge on any atom is 0.282 e. The summed E-state index contributed by atoms with van der Waals surface area (Å²) in [5, 5.41) is 4.93. The minimum absolute atomic E-state index is 0.242. The summed E-state index contributed by atoms with van der Waals surface area (Å²) in [5.74, 6) is 1.69. The Bertz CT molecular complexity index is 1550. The number of rotatable bonds is 8. The summed E-state index contributed by atoms with van der Waals surface area (Å²) in [6, 6.07) is 15.1. The molecular formula is C27H22Br3N3O3. The number of aryl methyl sites for hydroxylation is 1. The molecule has 36 heavy (non-hydrogen) atoms. The molecule has 184 valence electrons. The van der Waals surface area contributed by atoms with E-state index >= 15 is 0 Å². The first-order chi connectivity index (χ1) is 17.3. The Balaban J connectivity index is 1.69. The molecule has 1 heterocycles. The van der Waals surface area contributed by atoms with Crippen LogP contribution in [0, 0.1) is 6.92 Å². The highest BCUT2D eigenvalue weighted by Crippen LogP contribution is 2.34. The van der Waals surface area contributed by atoms with Crippen LogP contribution in [-0.4, -0.2) is 23.0 Å². The Morgan fingerprint density at radius 3 is 2.53 bits per heavy atom. The van der Waals surface area contributed by atoms with Crippen LogP contribution in [0.15, 0.2) is 84.5 Å². The van der Waals surface area contributed by atoms with Gasteiger partial charge >= 0.3 is 0 Å². The second-order valence-corrected chi connectivity index (χ2v) is 10.6. The van der Waals surface area contributed by atoms with Crippen molar-refractivity contribution in [2.24, 2.45) is 5.10 Å². The van der Waals surface area contributed by atoms with Crippen LogP contribution >= 0.6 is 47.8 Å². The van der Waals surface area contributed by atoms with Gasteiger partial charge in [-0.05, 0) is 61.4 Å². The van der Waals surface area contributed by atoms with E-state index in [1.165, 1.54) is 4.68 Å². The third kappa shape index (κ3) is 5.79. The Hall–Kier alpha value is -2.75. The lowest BCUT2D eigenvalue weighted by Gasteiger charge is -2.16. The summed E-state index contributed by atoms with van der Waals surface area (Å²) in [6.07, 6.45) is 3.99. The van der Waals surface area contributed by atoms with E-state index in [4.69, 9.17) is 9.47 Å². The van der Waals surface area contributed by atoms with Crippen molar-refractivity contribution in [2.75, 3.05) is 7.11 Å². The molecular weight excluding hydrogens is 654 g/mol. The highest BCUT2D eigenvalue weighted by Gasteiger charge is 2.14. The van der Waals surface area contributed by atoms with Crippen molar-refractivity contribution in [2.45, 2.75) is 20.0 Å². The van der Waals surface area contributed by atoms with Gasteiger partial charge in [0.15, 0.2) is 11.5 Å². The third-order valence-corrected chi connectivity index (χ3v) is 7.14. The Labute approximate surface area is 234 Å². The van der Waals surface area contributed by atoms with Crippen molar-refractivity contribution >= 4 is 64.9 Å². The SMILES string of the molecule is C=CCc1cc(C=Nn2c(C)nc3ccc(Br)cc3c2=O)cc(OC)c1OCc1ccc(Br)cc1Br. The smallest absolute Gasteiger partial charge is 0.282 e. The average molecular weight is 676 g/mol. The molecule has 3 aromatic carbocycles. The van der Waals surface area contributed by atoms with Gasteiger partial charge in [-0.1, -0.05) is 59.9 Å². The number of halogens is 3. The summed E-state index contributed by atoms with van der Waals surface area (Å²) in [7, 11) is 1.59. The topological polar surface area (TPSA) is 65.7 Å². The molecule has 0 N–H and O–H groups in total. The zero-order valence-corrected chi connectivity index (χ0v) is 24.4. The predicted octanol–water partition coefficient (Wildman–Crippen LogP) is 7.19. The summed E-state index contributed by atoms with van der Waals surface area (Å²) < 4.78 is 15.9. The Morgan fingerprint density at radius 2 is 1.81 bits per heavy atom. The second kappa shape index (κ2) is 11.5. The molecule has 0 bridgehead atoms. The molecule has 0 aliphatic carbocycles. The van der Waals surface area contributed by atoms with Gasteiger partial charge in [0.05, 0.1) is 24.2 Å². The Morgan fingerprint density at radius 1 is 1.06 bits per heavy atom. The van der Waals surface area contributed by atoms with Crippen molar-refractivity contribution in [3.8, 4) is 11.5 Å². The van der Waals surface area contributed by atoms with Crippen LogP contribution in [0.1, 0.15) is 22.5 Å². The molecule has 1 aromatic heterocycles. The van der Waals surface area contributed by atoms with Crippen molar-refractivity contribution in [1.82, 2.24) is 9.66 Å². The van der Waals surface area contributed by atoms with Crippen LogP contribution in [0.25, 0.3) is 10.9 Å². The van der Waals surface area contributed by atoms with Gasteiger partial charge in [-0.15, -0.1) is 6.58 Å². The molecule has 4 rings (SSSR count). The number of fused-ring (bicyclic) bond motifs is 1. The number of hydrogen-bond donors (Lipinski definition) is 0. The van der Waals surface area contributed by atoms with E-state index in [0.717, 1.165) is 30.1 Å². The maximum atomic E-state index is 13.1. The van der Waals surface area contributed by atoms with Crippen LogP contribution in [0.2, 0.25) is 0 Å². The summed E-state index contributed by atoms with van der Waals surface area (Å²) in [5.41, 5.74) is 3.03. The van der Waals surface area contributed by atoms with E-state index in [9.17, 15) is 4.79 Å². The maximum absolute atomic E-state index is 13.1. The number of nitrogens with zero attached hydrogens (tertiary/aromatic N) is 3. The molecule has 4 aromatic rings. The van der Waals surface area contributed by atoms with Crippen LogP contribution in [0.5, 0.6) is 11.5 Å². The molecule has 0 amide bonds. The van der Waals surface area contributed by atoms with E-state index in [1.54, 1.807) is 38.5 Å². The monoisotopic (exact) mass is 673 g/mol. The van der Waals surface area contributed by atoms with Gasteiger partial charge in [0.25, 0.3) is 5.56 Å². The van der Waals surface area contributed by atoms with E-state index in [2.05, 4.69) is 64.5 Å². The van der Waals surface area contributed by atoms with Gasteiger partial charge < -0.3 is 9.47 Å². The van der Waals surface area contributed by atoms with Gasteiger partial charge in [-0.25, -0.2) is 4.98 Å². The molecule has 0 unspecified atom stereocenters. The number of aromatic nitrogens is 2. The highest BCUT2D eigenvalue weighted by atomic mass is 79.9. The molecule has 9 heteroatoms. The summed E-state index contributed by atoms with van der Waals surface area (Å²) >= 11 is 10.5. The fourth-order valence-corrected chi connectivity index (χ4v) is 5.21. The second-order valence-electron chi connectivity index (χ2n) is 7.91. The molecule has 0 fully saturated rings. The van der Waals surface area contributed by atoms with Crippen molar-refractivity contribution in [3.05, 3.63) is 107 Å². The quantitative estimate of drug-likeness (QED) is 0.147. The lowest BCUT2D eigenvalue weighted by atomic mass is 10.1. The van der Waals surface area contributed by atoms with Crippen LogP contribution in [0.3, 0.4) is 0 Å². The summed E-state index contributed by atoms with van der Waals surface area (Å²) in [4.78, 5) is 17.6. The van der Waals surface area contributed by atoms with E-state index in [-0.39, 0.29) is 5.56 Å². The average Bonchev–Trinajstić information content (AvgIpc) is 2.84. The van der Waals surface area contributed by atoms with Crippen LogP contribution in [-0.2, 0) is 13.0 Å².